The molecule has 1 aromatic carbocycles. The summed E-state index contributed by atoms with van der Waals surface area (Å²) in [6.07, 6.45) is 0.998. The molecule has 0 aromatic heterocycles. The quantitative estimate of drug-likeness (QED) is 0.744. The van der Waals surface area contributed by atoms with Gasteiger partial charge >= 0.3 is 0 Å². The summed E-state index contributed by atoms with van der Waals surface area (Å²) in [7, 11) is 0. The van der Waals surface area contributed by atoms with E-state index >= 15 is 0 Å². The van der Waals surface area contributed by atoms with Crippen LogP contribution in [0, 0.1) is 0 Å². The normalized spacial score (nSPS) is 17.9. The van der Waals surface area contributed by atoms with Gasteiger partial charge in [0.05, 0.1) is 0 Å². The molecule has 1 amide bonds. The molecule has 0 bridgehead atoms. The Morgan fingerprint density at radius 1 is 1.33 bits per heavy atom. The molecule has 5 nitrogen and oxygen atoms in total. The van der Waals surface area contributed by atoms with Crippen LogP contribution in [0.25, 0.3) is 0 Å². The van der Waals surface area contributed by atoms with Gasteiger partial charge in [-0.1, -0.05) is 19.9 Å². The van der Waals surface area contributed by atoms with Gasteiger partial charge in [-0.25, -0.2) is 0 Å². The van der Waals surface area contributed by atoms with E-state index in [0.717, 1.165) is 25.2 Å². The van der Waals surface area contributed by atoms with Gasteiger partial charge in [-0.15, -0.1) is 0 Å². The van der Waals surface area contributed by atoms with E-state index in [1.807, 2.05) is 25.7 Å². The minimum atomic E-state index is -0.138. The molecule has 0 aliphatic carbocycles. The zero-order valence-electron chi connectivity index (χ0n) is 13.1. The van der Waals surface area contributed by atoms with Crippen LogP contribution in [0.15, 0.2) is 18.2 Å². The molecule has 0 spiro atoms. The van der Waals surface area contributed by atoms with E-state index in [-0.39, 0.29) is 23.4 Å². The number of piperazine rings is 1. The van der Waals surface area contributed by atoms with Crippen LogP contribution in [0.3, 0.4) is 0 Å². The van der Waals surface area contributed by atoms with Crippen LogP contribution in [0.2, 0.25) is 0 Å². The number of aromatic hydroxyl groups is 2. The standard InChI is InChI=1S/C14H20N2O3.C2H6/c1-10-9-15-6-7-16(10)14(19)5-3-11-2-4-12(17)13(18)8-11;1-2/h2,4,8,10,15,17-18H,3,5-7,9H2,1H3;1-2H3. The number of nitrogens with zero attached hydrogens (tertiary/aromatic N) is 1. The first-order valence-corrected chi connectivity index (χ1v) is 7.59. The number of benzene rings is 1. The zero-order valence-corrected chi connectivity index (χ0v) is 13.1. The second kappa shape index (κ2) is 8.52. The summed E-state index contributed by atoms with van der Waals surface area (Å²) in [6, 6.07) is 4.91. The number of phenols is 2. The van der Waals surface area contributed by atoms with Gasteiger partial charge in [-0.2, -0.15) is 0 Å². The lowest BCUT2D eigenvalue weighted by Gasteiger charge is -2.34. The second-order valence-corrected chi connectivity index (χ2v) is 4.96. The smallest absolute Gasteiger partial charge is 0.223 e. The number of phenolic OH excluding ortho intramolecular Hbond substituents is 2. The van der Waals surface area contributed by atoms with Gasteiger partial charge in [-0.05, 0) is 31.0 Å². The summed E-state index contributed by atoms with van der Waals surface area (Å²) in [5.41, 5.74) is 0.853. The number of nitrogens with one attached hydrogen (secondary N) is 1. The predicted octanol–water partition coefficient (Wildman–Crippen LogP) is 1.88. The maximum Gasteiger partial charge on any atom is 0.223 e. The van der Waals surface area contributed by atoms with E-state index in [9.17, 15) is 15.0 Å². The summed E-state index contributed by atoms with van der Waals surface area (Å²) in [6.45, 7) is 8.47. The van der Waals surface area contributed by atoms with Crippen molar-refractivity contribution in [2.45, 2.75) is 39.7 Å². The van der Waals surface area contributed by atoms with Gasteiger partial charge in [0.1, 0.15) is 0 Å². The van der Waals surface area contributed by atoms with Crippen molar-refractivity contribution >= 4 is 5.91 Å². The van der Waals surface area contributed by atoms with Crippen LogP contribution < -0.4 is 5.32 Å². The Morgan fingerprint density at radius 3 is 2.67 bits per heavy atom. The Morgan fingerprint density at radius 2 is 2.05 bits per heavy atom. The number of carbonyl (C=O) groups is 1. The van der Waals surface area contributed by atoms with Crippen LogP contribution >= 0.6 is 0 Å². The van der Waals surface area contributed by atoms with Crippen LogP contribution in [-0.4, -0.2) is 46.7 Å². The molecule has 118 valence electrons. The summed E-state index contributed by atoms with van der Waals surface area (Å²) in [5.74, 6) is -0.132. The Kier molecular flexibility index (Phi) is 7.02. The number of hydrogen-bond donors (Lipinski definition) is 3. The molecule has 2 rings (SSSR count). The highest BCUT2D eigenvalue weighted by Gasteiger charge is 2.22. The lowest BCUT2D eigenvalue weighted by Crippen LogP contribution is -2.52. The van der Waals surface area contributed by atoms with Gasteiger partial charge in [0.15, 0.2) is 11.5 Å². The van der Waals surface area contributed by atoms with E-state index in [1.165, 1.54) is 12.1 Å². The fraction of sp³-hybridized carbons (Fsp3) is 0.562. The second-order valence-electron chi connectivity index (χ2n) is 4.96. The summed E-state index contributed by atoms with van der Waals surface area (Å²) < 4.78 is 0. The summed E-state index contributed by atoms with van der Waals surface area (Å²) in [5, 5.41) is 21.9. The first-order chi connectivity index (χ1) is 10.1. The SMILES string of the molecule is CC.CC1CNCCN1C(=O)CCc1ccc(O)c(O)c1. The molecule has 1 aromatic rings. The fourth-order valence-corrected chi connectivity index (χ4v) is 2.33. The lowest BCUT2D eigenvalue weighted by atomic mass is 10.1. The Bertz CT molecular complexity index is 463. The highest BCUT2D eigenvalue weighted by Crippen LogP contribution is 2.25. The maximum atomic E-state index is 12.1. The lowest BCUT2D eigenvalue weighted by molar-refractivity contribution is -0.133. The fourth-order valence-electron chi connectivity index (χ4n) is 2.33. The average Bonchev–Trinajstić information content (AvgIpc) is 2.50. The molecule has 1 fully saturated rings. The van der Waals surface area contributed by atoms with Gasteiger partial charge in [0.2, 0.25) is 5.91 Å². The molecule has 21 heavy (non-hydrogen) atoms. The first-order valence-electron chi connectivity index (χ1n) is 7.59. The van der Waals surface area contributed by atoms with Gasteiger partial charge in [0, 0.05) is 32.1 Å². The zero-order chi connectivity index (χ0) is 15.8. The number of hydrogen-bond acceptors (Lipinski definition) is 4. The van der Waals surface area contributed by atoms with E-state index in [4.69, 9.17) is 0 Å². The molecule has 0 saturated carbocycles. The average molecular weight is 294 g/mol. The highest BCUT2D eigenvalue weighted by molar-refractivity contribution is 5.77. The van der Waals surface area contributed by atoms with Crippen molar-refractivity contribution in [1.29, 1.82) is 0 Å². The van der Waals surface area contributed by atoms with Crippen LogP contribution in [-0.2, 0) is 11.2 Å². The highest BCUT2D eigenvalue weighted by atomic mass is 16.3. The molecule has 0 radical (unpaired) electrons. The predicted molar refractivity (Wildman–Crippen MR) is 83.5 cm³/mol. The van der Waals surface area contributed by atoms with Crippen molar-refractivity contribution in [3.8, 4) is 11.5 Å². The minimum Gasteiger partial charge on any atom is -0.504 e. The maximum absolute atomic E-state index is 12.1. The largest absolute Gasteiger partial charge is 0.504 e. The van der Waals surface area contributed by atoms with Gasteiger partial charge in [0.25, 0.3) is 0 Å². The third kappa shape index (κ3) is 4.93. The molecule has 1 saturated heterocycles. The van der Waals surface area contributed by atoms with Crippen molar-refractivity contribution in [2.24, 2.45) is 0 Å². The molecule has 3 N–H and O–H groups in total. The third-order valence-corrected chi connectivity index (χ3v) is 3.49. The minimum absolute atomic E-state index is 0.134. The number of carbonyl (C=O) groups excluding carboxylic acids is 1. The monoisotopic (exact) mass is 294 g/mol. The molecule has 1 atom stereocenters. The van der Waals surface area contributed by atoms with Crippen molar-refractivity contribution in [3.05, 3.63) is 23.8 Å². The third-order valence-electron chi connectivity index (χ3n) is 3.49. The Balaban J connectivity index is 0.00000106. The first kappa shape index (κ1) is 17.3. The number of amides is 1. The summed E-state index contributed by atoms with van der Waals surface area (Å²) in [4.78, 5) is 14.0. The van der Waals surface area contributed by atoms with Crippen molar-refractivity contribution in [1.82, 2.24) is 10.2 Å². The molecule has 1 aliphatic rings. The molecular formula is C16H26N2O3. The van der Waals surface area contributed by atoms with Gasteiger partial charge in [-0.3, -0.25) is 4.79 Å². The topological polar surface area (TPSA) is 72.8 Å². The van der Waals surface area contributed by atoms with Crippen molar-refractivity contribution < 1.29 is 15.0 Å². The molecule has 1 aliphatic heterocycles. The van der Waals surface area contributed by atoms with Crippen LogP contribution in [0.1, 0.15) is 32.8 Å². The van der Waals surface area contributed by atoms with E-state index in [1.54, 1.807) is 6.07 Å². The molecule has 5 heteroatoms. The molecular weight excluding hydrogens is 268 g/mol. The van der Waals surface area contributed by atoms with Gasteiger partial charge < -0.3 is 20.4 Å². The number of aryl methyl sites for hydroxylation is 1. The van der Waals surface area contributed by atoms with Crippen LogP contribution in [0.5, 0.6) is 11.5 Å². The van der Waals surface area contributed by atoms with Crippen LogP contribution in [0.4, 0.5) is 0 Å². The number of rotatable bonds is 3. The van der Waals surface area contributed by atoms with Crippen molar-refractivity contribution in [3.63, 3.8) is 0 Å². The Hall–Kier alpha value is -1.75. The molecule has 1 unspecified atom stereocenters. The van der Waals surface area contributed by atoms with E-state index in [2.05, 4.69) is 5.32 Å². The Labute approximate surface area is 126 Å². The van der Waals surface area contributed by atoms with E-state index < -0.39 is 0 Å². The van der Waals surface area contributed by atoms with E-state index in [0.29, 0.717) is 12.8 Å². The summed E-state index contributed by atoms with van der Waals surface area (Å²) >= 11 is 0. The van der Waals surface area contributed by atoms with Crippen molar-refractivity contribution in [2.75, 3.05) is 19.6 Å². The molecule has 1 heterocycles.